The van der Waals surface area contributed by atoms with Crippen LogP contribution < -0.4 is 5.73 Å². The molecule has 0 radical (unpaired) electrons. The van der Waals surface area contributed by atoms with E-state index in [1.807, 2.05) is 17.8 Å². The third-order valence-electron chi connectivity index (χ3n) is 4.12. The lowest BCUT2D eigenvalue weighted by atomic mass is 9.95. The number of aromatic nitrogens is 2. The van der Waals surface area contributed by atoms with E-state index in [-0.39, 0.29) is 0 Å². The minimum absolute atomic E-state index is 0.529. The van der Waals surface area contributed by atoms with Crippen LogP contribution in [-0.2, 0) is 13.6 Å². The molecule has 0 aromatic carbocycles. The summed E-state index contributed by atoms with van der Waals surface area (Å²) < 4.78 is 1.89. The molecule has 1 saturated heterocycles. The summed E-state index contributed by atoms with van der Waals surface area (Å²) in [6, 6.07) is 3.10. The van der Waals surface area contributed by atoms with E-state index in [1.54, 1.807) is 0 Å². The fourth-order valence-corrected chi connectivity index (χ4v) is 3.17. The van der Waals surface area contributed by atoms with E-state index in [0.717, 1.165) is 6.54 Å². The highest BCUT2D eigenvalue weighted by Crippen LogP contribution is 2.34. The van der Waals surface area contributed by atoms with Crippen molar-refractivity contribution in [1.29, 1.82) is 0 Å². The summed E-state index contributed by atoms with van der Waals surface area (Å²) in [7, 11) is 1.96. The van der Waals surface area contributed by atoms with Gasteiger partial charge in [-0.2, -0.15) is 5.10 Å². The quantitative estimate of drug-likeness (QED) is 0.861. The van der Waals surface area contributed by atoms with Gasteiger partial charge in [-0.3, -0.25) is 9.58 Å². The number of fused-ring (bicyclic) bond motifs is 1. The number of hydrogen-bond acceptors (Lipinski definition) is 3. The molecule has 18 heavy (non-hydrogen) atoms. The van der Waals surface area contributed by atoms with E-state index in [0.29, 0.717) is 23.8 Å². The second kappa shape index (κ2) is 4.28. The number of aryl methyl sites for hydroxylation is 1. The lowest BCUT2D eigenvalue weighted by Gasteiger charge is -2.28. The molecule has 0 bridgehead atoms. The van der Waals surface area contributed by atoms with Gasteiger partial charge in [-0.15, -0.1) is 0 Å². The highest BCUT2D eigenvalue weighted by atomic mass is 15.3. The van der Waals surface area contributed by atoms with Crippen LogP contribution in [0.2, 0.25) is 0 Å². The molecule has 2 N–H and O–H groups in total. The van der Waals surface area contributed by atoms with Crippen molar-refractivity contribution in [3.63, 3.8) is 0 Å². The normalized spacial score (nSPS) is 30.9. The van der Waals surface area contributed by atoms with E-state index in [1.165, 1.54) is 12.1 Å². The summed E-state index contributed by atoms with van der Waals surface area (Å²) in [5.41, 5.74) is 6.93. The van der Waals surface area contributed by atoms with Gasteiger partial charge in [-0.05, 0) is 19.3 Å². The fourth-order valence-electron chi connectivity index (χ4n) is 3.17. The summed E-state index contributed by atoms with van der Waals surface area (Å²) in [6.45, 7) is 3.22. The van der Waals surface area contributed by atoms with Gasteiger partial charge in [0.15, 0.2) is 0 Å². The summed E-state index contributed by atoms with van der Waals surface area (Å²) in [4.78, 5) is 2.54. The summed E-state index contributed by atoms with van der Waals surface area (Å²) in [5, 5.41) is 4.22. The van der Waals surface area contributed by atoms with Gasteiger partial charge in [0.05, 0.1) is 5.69 Å². The molecular weight excluding hydrogens is 224 g/mol. The van der Waals surface area contributed by atoms with Crippen molar-refractivity contribution in [2.24, 2.45) is 13.0 Å². The lowest BCUT2D eigenvalue weighted by molar-refractivity contribution is 0.209. The molecule has 0 amide bonds. The minimum Gasteiger partial charge on any atom is -0.382 e. The van der Waals surface area contributed by atoms with E-state index >= 15 is 0 Å². The third-order valence-corrected chi connectivity index (χ3v) is 4.12. The van der Waals surface area contributed by atoms with Crippen LogP contribution in [0.3, 0.4) is 0 Å². The highest BCUT2D eigenvalue weighted by Gasteiger charge is 2.36. The summed E-state index contributed by atoms with van der Waals surface area (Å²) in [5.74, 6) is 1.27. The van der Waals surface area contributed by atoms with Crippen LogP contribution in [0.25, 0.3) is 0 Å². The Morgan fingerprint density at radius 2 is 2.17 bits per heavy atom. The van der Waals surface area contributed by atoms with Crippen LogP contribution >= 0.6 is 0 Å². The van der Waals surface area contributed by atoms with E-state index in [2.05, 4.69) is 41.2 Å². The van der Waals surface area contributed by atoms with Gasteiger partial charge in [0.2, 0.25) is 0 Å². The zero-order valence-electron chi connectivity index (χ0n) is 11.0. The molecule has 0 saturated carbocycles. The van der Waals surface area contributed by atoms with Crippen molar-refractivity contribution in [2.45, 2.75) is 32.0 Å². The second-order valence-corrected chi connectivity index (χ2v) is 5.37. The van der Waals surface area contributed by atoms with Crippen molar-refractivity contribution in [2.75, 3.05) is 5.73 Å². The van der Waals surface area contributed by atoms with Gasteiger partial charge in [-0.25, -0.2) is 0 Å². The molecular formula is C14H20N4. The van der Waals surface area contributed by atoms with Crippen LogP contribution in [0.15, 0.2) is 30.4 Å². The number of hydrogen-bond donors (Lipinski definition) is 1. The Kier molecular flexibility index (Phi) is 2.74. The Hall–Kier alpha value is -1.55. The first-order valence-corrected chi connectivity index (χ1v) is 6.54. The number of nitrogen functional groups attached to an aromatic ring is 1. The van der Waals surface area contributed by atoms with Gasteiger partial charge < -0.3 is 5.73 Å². The molecule has 3 rings (SSSR count). The van der Waals surface area contributed by atoms with Crippen LogP contribution in [0, 0.1) is 5.92 Å². The van der Waals surface area contributed by atoms with Gasteiger partial charge in [0.1, 0.15) is 5.82 Å². The minimum atomic E-state index is 0.529. The third kappa shape index (κ3) is 1.86. The van der Waals surface area contributed by atoms with Crippen molar-refractivity contribution >= 4 is 5.82 Å². The zero-order chi connectivity index (χ0) is 12.7. The second-order valence-electron chi connectivity index (χ2n) is 5.37. The predicted octanol–water partition coefficient (Wildman–Crippen LogP) is 1.71. The van der Waals surface area contributed by atoms with Crippen LogP contribution in [0.5, 0.6) is 0 Å². The molecule has 2 heterocycles. The highest BCUT2D eigenvalue weighted by molar-refractivity contribution is 5.30. The maximum atomic E-state index is 5.74. The van der Waals surface area contributed by atoms with Crippen molar-refractivity contribution in [3.8, 4) is 0 Å². The largest absolute Gasteiger partial charge is 0.382 e. The fraction of sp³-hybridized carbons (Fsp3) is 0.500. The Balaban J connectivity index is 1.82. The average molecular weight is 244 g/mol. The van der Waals surface area contributed by atoms with Crippen molar-refractivity contribution in [3.05, 3.63) is 36.1 Å². The molecule has 0 unspecified atom stereocenters. The summed E-state index contributed by atoms with van der Waals surface area (Å²) in [6.07, 6.45) is 10.2. The maximum Gasteiger partial charge on any atom is 0.145 e. The molecule has 3 atom stereocenters. The number of nitrogens with zero attached hydrogens (tertiary/aromatic N) is 3. The van der Waals surface area contributed by atoms with E-state index in [4.69, 9.17) is 5.73 Å². The van der Waals surface area contributed by atoms with E-state index in [9.17, 15) is 0 Å². The molecule has 4 nitrogen and oxygen atoms in total. The van der Waals surface area contributed by atoms with Crippen LogP contribution in [0.1, 0.15) is 19.0 Å². The molecule has 1 aliphatic carbocycles. The van der Waals surface area contributed by atoms with Gasteiger partial charge in [0, 0.05) is 31.7 Å². The topological polar surface area (TPSA) is 47.1 Å². The summed E-state index contributed by atoms with van der Waals surface area (Å²) >= 11 is 0. The first-order chi connectivity index (χ1) is 8.65. The Bertz CT molecular complexity index is 500. The van der Waals surface area contributed by atoms with Crippen molar-refractivity contribution in [1.82, 2.24) is 14.7 Å². The standard InChI is InChI=1S/C14H20N4/c1-10-7-11-5-3-4-6-13(11)18(10)9-12-8-14(15)16-17(12)2/h3-6,8,10-11,13H,7,9H2,1-2H3,(H2,15,16)/t10-,11+,13+/m1/s1. The molecule has 1 aliphatic heterocycles. The first-order valence-electron chi connectivity index (χ1n) is 6.54. The van der Waals surface area contributed by atoms with Gasteiger partial charge >= 0.3 is 0 Å². The molecule has 1 aromatic rings. The smallest absolute Gasteiger partial charge is 0.145 e. The number of rotatable bonds is 2. The Morgan fingerprint density at radius 1 is 1.39 bits per heavy atom. The van der Waals surface area contributed by atoms with Gasteiger partial charge in [-0.1, -0.05) is 24.3 Å². The molecule has 96 valence electrons. The molecule has 1 aromatic heterocycles. The van der Waals surface area contributed by atoms with E-state index < -0.39 is 0 Å². The zero-order valence-corrected chi connectivity index (χ0v) is 11.0. The molecule has 2 aliphatic rings. The first kappa shape index (κ1) is 11.5. The number of allylic oxidation sites excluding steroid dienone is 2. The Labute approximate surface area is 108 Å². The number of anilines is 1. The monoisotopic (exact) mass is 244 g/mol. The average Bonchev–Trinajstić information content (AvgIpc) is 2.81. The maximum absolute atomic E-state index is 5.74. The molecule has 1 fully saturated rings. The lowest BCUT2D eigenvalue weighted by Crippen LogP contribution is -2.35. The molecule has 0 spiro atoms. The Morgan fingerprint density at radius 3 is 2.89 bits per heavy atom. The number of likely N-dealkylation sites (tertiary alicyclic amines) is 1. The van der Waals surface area contributed by atoms with Crippen LogP contribution in [-0.4, -0.2) is 26.8 Å². The SMILES string of the molecule is C[C@@H]1C[C@@H]2C=CC=C[C@@H]2N1Cc1cc(N)nn1C. The van der Waals surface area contributed by atoms with Gasteiger partial charge in [0.25, 0.3) is 0 Å². The molecule has 4 heteroatoms. The predicted molar refractivity (Wildman–Crippen MR) is 72.8 cm³/mol. The number of nitrogens with two attached hydrogens (primary N) is 1. The van der Waals surface area contributed by atoms with Crippen molar-refractivity contribution < 1.29 is 0 Å². The van der Waals surface area contributed by atoms with Crippen LogP contribution in [0.4, 0.5) is 5.82 Å².